The van der Waals surface area contributed by atoms with Crippen LogP contribution in [0.4, 0.5) is 0 Å². The lowest BCUT2D eigenvalue weighted by Gasteiger charge is -2.39. The fraction of sp³-hybridized carbons (Fsp3) is 0.0217. The highest BCUT2D eigenvalue weighted by Gasteiger charge is 2.50. The van der Waals surface area contributed by atoms with Crippen LogP contribution in [-0.4, -0.2) is 15.0 Å². The third kappa shape index (κ3) is 4.07. The summed E-state index contributed by atoms with van der Waals surface area (Å²) in [5, 5.41) is 2.05. The van der Waals surface area contributed by atoms with Crippen molar-refractivity contribution >= 4 is 33.7 Å². The van der Waals surface area contributed by atoms with Crippen molar-refractivity contribution in [3.63, 3.8) is 0 Å². The van der Waals surface area contributed by atoms with Crippen molar-refractivity contribution < 1.29 is 4.42 Å². The van der Waals surface area contributed by atoms with Gasteiger partial charge in [-0.25, -0.2) is 15.0 Å². The van der Waals surface area contributed by atoms with E-state index in [2.05, 4.69) is 91.0 Å². The van der Waals surface area contributed by atoms with Crippen LogP contribution < -0.4 is 0 Å². The first-order valence-corrected chi connectivity index (χ1v) is 17.9. The van der Waals surface area contributed by atoms with Crippen LogP contribution in [0.1, 0.15) is 22.3 Å². The predicted molar refractivity (Wildman–Crippen MR) is 205 cm³/mol. The van der Waals surface area contributed by atoms with Gasteiger partial charge in [-0.3, -0.25) is 0 Å². The minimum absolute atomic E-state index is 0.469. The van der Waals surface area contributed by atoms with Crippen LogP contribution >= 0.6 is 11.8 Å². The molecule has 0 fully saturated rings. The minimum Gasteiger partial charge on any atom is -0.456 e. The Balaban J connectivity index is 1.19. The molecule has 1 aliphatic heterocycles. The zero-order chi connectivity index (χ0) is 33.5. The average molecular weight is 670 g/mol. The fourth-order valence-electron chi connectivity index (χ4n) is 8.29. The molecule has 5 heteroatoms. The zero-order valence-corrected chi connectivity index (χ0v) is 28.1. The van der Waals surface area contributed by atoms with E-state index in [4.69, 9.17) is 19.4 Å². The monoisotopic (exact) mass is 669 g/mol. The van der Waals surface area contributed by atoms with Crippen molar-refractivity contribution in [1.29, 1.82) is 0 Å². The lowest BCUT2D eigenvalue weighted by Crippen LogP contribution is -2.31. The number of nitrogens with zero attached hydrogens (tertiary/aromatic N) is 3. The predicted octanol–water partition coefficient (Wildman–Crippen LogP) is 11.6. The van der Waals surface area contributed by atoms with Gasteiger partial charge in [0.25, 0.3) is 0 Å². The van der Waals surface area contributed by atoms with Crippen LogP contribution in [0.15, 0.2) is 178 Å². The molecule has 0 bridgehead atoms. The van der Waals surface area contributed by atoms with Gasteiger partial charge < -0.3 is 4.42 Å². The summed E-state index contributed by atoms with van der Waals surface area (Å²) in [5.74, 6) is 1.88. The Kier molecular flexibility index (Phi) is 6.07. The van der Waals surface area contributed by atoms with Gasteiger partial charge in [-0.05, 0) is 57.6 Å². The van der Waals surface area contributed by atoms with E-state index in [1.165, 1.54) is 43.2 Å². The zero-order valence-electron chi connectivity index (χ0n) is 27.2. The Hall–Kier alpha value is -6.30. The maximum atomic E-state index is 6.80. The Morgan fingerprint density at radius 3 is 1.63 bits per heavy atom. The smallest absolute Gasteiger partial charge is 0.164 e. The Morgan fingerprint density at radius 2 is 0.961 bits per heavy atom. The maximum Gasteiger partial charge on any atom is 0.164 e. The second-order valence-corrected chi connectivity index (χ2v) is 14.2. The summed E-state index contributed by atoms with van der Waals surface area (Å²) in [6, 6.07) is 57.7. The van der Waals surface area contributed by atoms with E-state index < -0.39 is 5.41 Å². The summed E-state index contributed by atoms with van der Waals surface area (Å²) < 4.78 is 6.80. The lowest BCUT2D eigenvalue weighted by atomic mass is 9.67. The molecule has 4 nitrogen and oxygen atoms in total. The highest BCUT2D eigenvalue weighted by Crippen LogP contribution is 2.62. The molecule has 0 saturated heterocycles. The van der Waals surface area contributed by atoms with E-state index >= 15 is 0 Å². The molecule has 0 N–H and O–H groups in total. The fourth-order valence-corrected chi connectivity index (χ4v) is 9.50. The quantitative estimate of drug-likeness (QED) is 0.187. The van der Waals surface area contributed by atoms with Crippen molar-refractivity contribution in [3.8, 4) is 45.3 Å². The SMILES string of the molecule is c1ccc(-c2nc(-c3ccccc3)nc(-c3cccc4oc5cc6c(cc5c34)Sc3ccccc3C63c4ccccc4-c4ccccc43)n2)cc1. The minimum atomic E-state index is -0.469. The highest BCUT2D eigenvalue weighted by molar-refractivity contribution is 7.99. The second-order valence-electron chi connectivity index (χ2n) is 13.1. The topological polar surface area (TPSA) is 51.8 Å². The molecule has 238 valence electrons. The van der Waals surface area contributed by atoms with Gasteiger partial charge >= 0.3 is 0 Å². The molecule has 7 aromatic carbocycles. The molecule has 9 aromatic rings. The first-order chi connectivity index (χ1) is 25.3. The van der Waals surface area contributed by atoms with Gasteiger partial charge in [-0.2, -0.15) is 0 Å². The van der Waals surface area contributed by atoms with Crippen molar-refractivity contribution in [2.24, 2.45) is 0 Å². The largest absolute Gasteiger partial charge is 0.456 e. The molecule has 1 aliphatic carbocycles. The molecule has 0 saturated carbocycles. The number of rotatable bonds is 3. The Morgan fingerprint density at radius 1 is 0.412 bits per heavy atom. The Labute approximate surface area is 298 Å². The highest BCUT2D eigenvalue weighted by atomic mass is 32.2. The third-order valence-corrected chi connectivity index (χ3v) is 11.5. The van der Waals surface area contributed by atoms with Crippen molar-refractivity contribution in [1.82, 2.24) is 15.0 Å². The summed E-state index contributed by atoms with van der Waals surface area (Å²) in [6.07, 6.45) is 0. The van der Waals surface area contributed by atoms with E-state index in [0.717, 1.165) is 38.6 Å². The molecule has 2 aromatic heterocycles. The molecule has 0 amide bonds. The molecular formula is C46H27N3OS. The van der Waals surface area contributed by atoms with Gasteiger partial charge in [0.05, 0.1) is 5.41 Å². The van der Waals surface area contributed by atoms with Crippen molar-refractivity contribution in [3.05, 3.63) is 186 Å². The molecule has 51 heavy (non-hydrogen) atoms. The van der Waals surface area contributed by atoms with Gasteiger partial charge in [0.2, 0.25) is 0 Å². The molecular weight excluding hydrogens is 643 g/mol. The summed E-state index contributed by atoms with van der Waals surface area (Å²) in [5.41, 5.74) is 11.7. The van der Waals surface area contributed by atoms with Crippen LogP contribution in [-0.2, 0) is 5.41 Å². The van der Waals surface area contributed by atoms with E-state index in [1.807, 2.05) is 84.6 Å². The van der Waals surface area contributed by atoms with E-state index in [-0.39, 0.29) is 0 Å². The van der Waals surface area contributed by atoms with Crippen LogP contribution in [0.2, 0.25) is 0 Å². The van der Waals surface area contributed by atoms with Gasteiger partial charge in [0.15, 0.2) is 17.5 Å². The molecule has 0 atom stereocenters. The first kappa shape index (κ1) is 28.5. The van der Waals surface area contributed by atoms with E-state index in [1.54, 1.807) is 0 Å². The molecule has 1 spiro atoms. The van der Waals surface area contributed by atoms with Crippen LogP contribution in [0.5, 0.6) is 0 Å². The molecule has 11 rings (SSSR count). The standard InChI is InChI=1S/C46H27N3OS/c1-3-14-28(15-4-1)43-47-44(29-16-5-2-6-17-29)49-45(48-43)32-20-13-24-38-42(32)33-26-41-37(27-39(33)50-38)46(36-23-11-12-25-40(36)51-41)34-21-9-7-18-30(34)31-19-8-10-22-35(31)46/h1-27H. The molecule has 3 heterocycles. The van der Waals surface area contributed by atoms with Crippen LogP contribution in [0.25, 0.3) is 67.2 Å². The van der Waals surface area contributed by atoms with Crippen LogP contribution in [0.3, 0.4) is 0 Å². The summed E-state index contributed by atoms with van der Waals surface area (Å²) in [4.78, 5) is 17.6. The molecule has 2 aliphatic rings. The number of fused-ring (bicyclic) bond motifs is 12. The number of furan rings is 1. The second kappa shape index (κ2) is 10.8. The number of hydrogen-bond donors (Lipinski definition) is 0. The van der Waals surface area contributed by atoms with Gasteiger partial charge in [-0.15, -0.1) is 0 Å². The normalized spacial score (nSPS) is 13.6. The van der Waals surface area contributed by atoms with Crippen molar-refractivity contribution in [2.75, 3.05) is 0 Å². The van der Waals surface area contributed by atoms with Crippen LogP contribution in [0, 0.1) is 0 Å². The van der Waals surface area contributed by atoms with E-state index in [9.17, 15) is 0 Å². The Bertz CT molecular complexity index is 2740. The van der Waals surface area contributed by atoms with Gasteiger partial charge in [0, 0.05) is 37.3 Å². The van der Waals surface area contributed by atoms with Crippen molar-refractivity contribution in [2.45, 2.75) is 15.2 Å². The number of benzene rings is 7. The first-order valence-electron chi connectivity index (χ1n) is 17.1. The summed E-state index contributed by atoms with van der Waals surface area (Å²) in [6.45, 7) is 0. The summed E-state index contributed by atoms with van der Waals surface area (Å²) >= 11 is 1.84. The third-order valence-electron chi connectivity index (χ3n) is 10.4. The van der Waals surface area contributed by atoms with Gasteiger partial charge in [0.1, 0.15) is 11.2 Å². The number of hydrogen-bond acceptors (Lipinski definition) is 5. The average Bonchev–Trinajstić information content (AvgIpc) is 3.71. The molecule has 0 unspecified atom stereocenters. The molecule has 0 radical (unpaired) electrons. The van der Waals surface area contributed by atoms with Gasteiger partial charge in [-0.1, -0.05) is 151 Å². The maximum absolute atomic E-state index is 6.80. The van der Waals surface area contributed by atoms with E-state index in [0.29, 0.717) is 17.5 Å². The number of aromatic nitrogens is 3. The summed E-state index contributed by atoms with van der Waals surface area (Å²) in [7, 11) is 0. The lowest BCUT2D eigenvalue weighted by molar-refractivity contribution is 0.662.